The van der Waals surface area contributed by atoms with Gasteiger partial charge in [-0.15, -0.1) is 0 Å². The van der Waals surface area contributed by atoms with Gasteiger partial charge in [-0.3, -0.25) is 0 Å². The van der Waals surface area contributed by atoms with Crippen LogP contribution in [0.25, 0.3) is 0 Å². The number of hydrogen-bond donors (Lipinski definition) is 0. The van der Waals surface area contributed by atoms with Crippen LogP contribution in [-0.4, -0.2) is 30.7 Å². The summed E-state index contributed by atoms with van der Waals surface area (Å²) < 4.78 is 0. The fourth-order valence-electron chi connectivity index (χ4n) is 3.08. The van der Waals surface area contributed by atoms with Crippen molar-refractivity contribution in [3.63, 3.8) is 0 Å². The molecule has 2 heteroatoms. The summed E-state index contributed by atoms with van der Waals surface area (Å²) in [7, 11) is 3.97. The fraction of sp³-hybridized carbons (Fsp3) is 0.300. The smallest absolute Gasteiger partial charge is 0.0285 e. The van der Waals surface area contributed by atoms with Crippen LogP contribution in [0.4, 0.5) is 0 Å². The first-order valence-corrected chi connectivity index (χ1v) is 9.35. The van der Waals surface area contributed by atoms with Crippen LogP contribution in [0.5, 0.6) is 0 Å². The molecule has 0 saturated carbocycles. The molecule has 0 heterocycles. The van der Waals surface area contributed by atoms with Gasteiger partial charge < -0.3 is 4.90 Å². The molecule has 3 rings (SSSR count). The molecule has 3 unspecified atom stereocenters. The maximum absolute atomic E-state index is 2.41. The Bertz CT molecular complexity index is 637. The summed E-state index contributed by atoms with van der Waals surface area (Å²) in [6.07, 6.45) is 15.1. The molecule has 0 saturated heterocycles. The van der Waals surface area contributed by atoms with E-state index in [4.69, 9.17) is 0 Å². The lowest BCUT2D eigenvalue weighted by Gasteiger charge is -2.32. The van der Waals surface area contributed by atoms with Crippen LogP contribution in [0.15, 0.2) is 77.7 Å². The number of hydrogen-bond acceptors (Lipinski definition) is 1. The van der Waals surface area contributed by atoms with Gasteiger partial charge in [-0.05, 0) is 51.6 Å². The second-order valence-electron chi connectivity index (χ2n) is 6.11. The largest absolute Gasteiger partial charge is 0.303 e. The third-order valence-electron chi connectivity index (χ3n) is 4.52. The normalized spacial score (nSPS) is 22.8. The molecule has 3 atom stereocenters. The van der Waals surface area contributed by atoms with E-state index in [-0.39, 0.29) is 7.92 Å². The van der Waals surface area contributed by atoms with E-state index < -0.39 is 0 Å². The maximum atomic E-state index is 2.41. The molecule has 22 heavy (non-hydrogen) atoms. The van der Waals surface area contributed by atoms with E-state index in [1.165, 1.54) is 10.6 Å². The molecule has 1 nitrogen and oxygen atoms in total. The van der Waals surface area contributed by atoms with Crippen LogP contribution in [0, 0.1) is 0 Å². The minimum atomic E-state index is -0.362. The molecule has 1 aromatic rings. The highest BCUT2D eigenvalue weighted by molar-refractivity contribution is 7.71. The quantitative estimate of drug-likeness (QED) is 0.726. The molecular formula is C20H24NP. The molecule has 0 bridgehead atoms. The average Bonchev–Trinajstić information content (AvgIpc) is 3.20. The van der Waals surface area contributed by atoms with Crippen molar-refractivity contribution in [1.29, 1.82) is 0 Å². The second-order valence-corrected chi connectivity index (χ2v) is 8.44. The first-order valence-electron chi connectivity index (χ1n) is 7.94. The maximum Gasteiger partial charge on any atom is 0.0285 e. The van der Waals surface area contributed by atoms with E-state index in [0.29, 0.717) is 11.7 Å². The summed E-state index contributed by atoms with van der Waals surface area (Å²) in [6, 6.07) is 11.5. The molecule has 0 spiro atoms. The van der Waals surface area contributed by atoms with Crippen molar-refractivity contribution in [3.8, 4) is 0 Å². The Morgan fingerprint density at radius 3 is 2.59 bits per heavy atom. The first kappa shape index (κ1) is 15.5. The molecule has 2 aliphatic rings. The van der Waals surface area contributed by atoms with Gasteiger partial charge in [0.25, 0.3) is 0 Å². The highest BCUT2D eigenvalue weighted by Crippen LogP contribution is 2.55. The average molecular weight is 309 g/mol. The van der Waals surface area contributed by atoms with Gasteiger partial charge in [-0.2, -0.15) is 0 Å². The van der Waals surface area contributed by atoms with E-state index in [1.807, 2.05) is 0 Å². The molecule has 0 radical (unpaired) electrons. The highest BCUT2D eigenvalue weighted by Gasteiger charge is 2.31. The molecule has 0 aromatic heterocycles. The predicted molar refractivity (Wildman–Crippen MR) is 99.0 cm³/mol. The summed E-state index contributed by atoms with van der Waals surface area (Å²) in [5.74, 6) is 0. The summed E-state index contributed by atoms with van der Waals surface area (Å²) in [5.41, 5.74) is 2.06. The SMILES string of the molecule is CC(C1=CC=CC1P(C1=CCC=C1)c1ccccc1)N(C)C. The first-order chi connectivity index (χ1) is 10.7. The van der Waals surface area contributed by atoms with Crippen molar-refractivity contribution in [2.75, 3.05) is 14.1 Å². The zero-order valence-electron chi connectivity index (χ0n) is 13.6. The standard InChI is InChI=1S/C20H24NP/c1-16(21(2)3)19-14-9-15-20(19)22(18-12-7-8-13-18)17-10-5-4-6-11-17/h4-7,9-16,20H,8H2,1-3H3. The van der Waals surface area contributed by atoms with Crippen LogP contribution >= 0.6 is 7.92 Å². The zero-order valence-corrected chi connectivity index (χ0v) is 14.5. The highest BCUT2D eigenvalue weighted by atomic mass is 31.1. The second kappa shape index (κ2) is 6.77. The van der Waals surface area contributed by atoms with Gasteiger partial charge in [0.2, 0.25) is 0 Å². The predicted octanol–water partition coefficient (Wildman–Crippen LogP) is 4.45. The Balaban J connectivity index is 1.98. The van der Waals surface area contributed by atoms with Crippen molar-refractivity contribution in [1.82, 2.24) is 4.90 Å². The monoisotopic (exact) mass is 309 g/mol. The third kappa shape index (κ3) is 3.02. The zero-order chi connectivity index (χ0) is 15.5. The number of likely N-dealkylation sites (N-methyl/N-ethyl adjacent to an activating group) is 1. The summed E-state index contributed by atoms with van der Waals surface area (Å²) in [6.45, 7) is 2.31. The molecular weight excluding hydrogens is 285 g/mol. The van der Waals surface area contributed by atoms with Crippen molar-refractivity contribution >= 4 is 13.2 Å². The summed E-state index contributed by atoms with van der Waals surface area (Å²) >= 11 is 0. The Labute approximate surface area is 135 Å². The molecule has 114 valence electrons. The fourth-order valence-corrected chi connectivity index (χ4v) is 5.96. The van der Waals surface area contributed by atoms with Gasteiger partial charge >= 0.3 is 0 Å². The van der Waals surface area contributed by atoms with Gasteiger partial charge in [0.1, 0.15) is 0 Å². The molecule has 0 amide bonds. The van der Waals surface area contributed by atoms with Crippen LogP contribution < -0.4 is 5.30 Å². The number of allylic oxidation sites excluding steroid dienone is 7. The van der Waals surface area contributed by atoms with Crippen LogP contribution in [0.2, 0.25) is 0 Å². The van der Waals surface area contributed by atoms with E-state index in [1.54, 1.807) is 5.57 Å². The lowest BCUT2D eigenvalue weighted by molar-refractivity contribution is 0.349. The van der Waals surface area contributed by atoms with Crippen molar-refractivity contribution in [2.45, 2.75) is 25.0 Å². The lowest BCUT2D eigenvalue weighted by Crippen LogP contribution is -2.31. The van der Waals surface area contributed by atoms with Crippen molar-refractivity contribution < 1.29 is 0 Å². The van der Waals surface area contributed by atoms with Gasteiger partial charge in [-0.25, -0.2) is 0 Å². The van der Waals surface area contributed by atoms with Gasteiger partial charge in [-0.1, -0.05) is 66.8 Å². The third-order valence-corrected chi connectivity index (χ3v) is 7.29. The topological polar surface area (TPSA) is 3.24 Å². The van der Waals surface area contributed by atoms with Crippen molar-refractivity contribution in [3.05, 3.63) is 77.7 Å². The van der Waals surface area contributed by atoms with Crippen LogP contribution in [0.3, 0.4) is 0 Å². The van der Waals surface area contributed by atoms with E-state index in [9.17, 15) is 0 Å². The summed E-state index contributed by atoms with van der Waals surface area (Å²) in [4.78, 5) is 2.31. The Hall–Kier alpha value is -1.43. The van der Waals surface area contributed by atoms with Crippen molar-refractivity contribution in [2.24, 2.45) is 0 Å². The number of benzene rings is 1. The minimum Gasteiger partial charge on any atom is -0.303 e. The summed E-state index contributed by atoms with van der Waals surface area (Å²) in [5, 5.41) is 3.00. The molecule has 2 aliphatic carbocycles. The van der Waals surface area contributed by atoms with Crippen LogP contribution in [0.1, 0.15) is 13.3 Å². The van der Waals surface area contributed by atoms with E-state index in [0.717, 1.165) is 6.42 Å². The molecule has 1 aromatic carbocycles. The molecule has 0 aliphatic heterocycles. The Morgan fingerprint density at radius 2 is 1.95 bits per heavy atom. The van der Waals surface area contributed by atoms with E-state index in [2.05, 4.69) is 92.7 Å². The van der Waals surface area contributed by atoms with Crippen LogP contribution in [-0.2, 0) is 0 Å². The number of rotatable bonds is 5. The lowest BCUT2D eigenvalue weighted by atomic mass is 10.1. The minimum absolute atomic E-state index is 0.362. The van der Waals surface area contributed by atoms with Gasteiger partial charge in [0.05, 0.1) is 0 Å². The number of nitrogens with zero attached hydrogens (tertiary/aromatic N) is 1. The molecule has 0 N–H and O–H groups in total. The van der Waals surface area contributed by atoms with Gasteiger partial charge in [0.15, 0.2) is 0 Å². The Morgan fingerprint density at radius 1 is 1.18 bits per heavy atom. The Kier molecular flexibility index (Phi) is 4.76. The van der Waals surface area contributed by atoms with Gasteiger partial charge in [0, 0.05) is 11.7 Å². The molecule has 0 fully saturated rings. The van der Waals surface area contributed by atoms with E-state index >= 15 is 0 Å².